The minimum atomic E-state index is -3.39. The average Bonchev–Trinajstić information content (AvgIpc) is 2.80. The third-order valence-corrected chi connectivity index (χ3v) is 6.98. The number of nitrogens with zero attached hydrogens (tertiary/aromatic N) is 2. The third-order valence-electron chi connectivity index (χ3n) is 5.11. The highest BCUT2D eigenvalue weighted by Crippen LogP contribution is 2.22. The van der Waals surface area contributed by atoms with Crippen molar-refractivity contribution < 1.29 is 22.7 Å². The first kappa shape index (κ1) is 22.8. The number of anilines is 2. The molecule has 0 unspecified atom stereocenters. The Morgan fingerprint density at radius 3 is 2.29 bits per heavy atom. The number of hydrogen-bond acceptors (Lipinski definition) is 5. The van der Waals surface area contributed by atoms with E-state index in [-0.39, 0.29) is 17.6 Å². The summed E-state index contributed by atoms with van der Waals surface area (Å²) >= 11 is 0. The molecule has 0 bridgehead atoms. The van der Waals surface area contributed by atoms with Crippen LogP contribution < -0.4 is 9.62 Å². The van der Waals surface area contributed by atoms with Crippen LogP contribution in [0.3, 0.4) is 0 Å². The van der Waals surface area contributed by atoms with E-state index in [0.29, 0.717) is 55.3 Å². The van der Waals surface area contributed by atoms with Crippen LogP contribution in [0.25, 0.3) is 0 Å². The van der Waals surface area contributed by atoms with Crippen molar-refractivity contribution in [2.24, 2.45) is 0 Å². The Balaban J connectivity index is 1.77. The number of carbonyl (C=O) groups is 2. The van der Waals surface area contributed by atoms with Crippen molar-refractivity contribution in [1.82, 2.24) is 4.90 Å². The van der Waals surface area contributed by atoms with E-state index in [2.05, 4.69) is 5.32 Å². The van der Waals surface area contributed by atoms with Crippen molar-refractivity contribution in [3.05, 3.63) is 59.7 Å². The van der Waals surface area contributed by atoms with Crippen LogP contribution in [0.5, 0.6) is 0 Å². The lowest BCUT2D eigenvalue weighted by molar-refractivity contribution is 0.0303. The molecule has 1 aliphatic rings. The van der Waals surface area contributed by atoms with E-state index in [1.165, 1.54) is 4.31 Å². The van der Waals surface area contributed by atoms with Gasteiger partial charge in [-0.2, -0.15) is 0 Å². The molecule has 1 fully saturated rings. The number of nitrogens with one attached hydrogen (secondary N) is 1. The average molecular weight is 446 g/mol. The van der Waals surface area contributed by atoms with Crippen molar-refractivity contribution in [3.8, 4) is 0 Å². The second-order valence-electron chi connectivity index (χ2n) is 7.02. The van der Waals surface area contributed by atoms with E-state index < -0.39 is 10.0 Å². The summed E-state index contributed by atoms with van der Waals surface area (Å²) in [6.45, 7) is 5.67. The largest absolute Gasteiger partial charge is 0.378 e. The molecule has 0 saturated carbocycles. The molecule has 31 heavy (non-hydrogen) atoms. The molecule has 0 spiro atoms. The molecule has 3 rings (SSSR count). The van der Waals surface area contributed by atoms with Crippen molar-refractivity contribution in [2.75, 3.05) is 48.2 Å². The van der Waals surface area contributed by atoms with Gasteiger partial charge >= 0.3 is 0 Å². The molecule has 0 aromatic heterocycles. The van der Waals surface area contributed by atoms with E-state index in [1.807, 2.05) is 0 Å². The number of para-hydroxylation sites is 1. The predicted octanol–water partition coefficient (Wildman–Crippen LogP) is 2.59. The molecule has 166 valence electrons. The number of sulfonamides is 1. The molecular formula is C22H27N3O5S. The summed E-state index contributed by atoms with van der Waals surface area (Å²) < 4.78 is 31.1. The Hall–Kier alpha value is -2.91. The molecule has 1 saturated heterocycles. The van der Waals surface area contributed by atoms with Gasteiger partial charge < -0.3 is 15.0 Å². The van der Waals surface area contributed by atoms with E-state index in [9.17, 15) is 18.0 Å². The molecular weight excluding hydrogens is 418 g/mol. The monoisotopic (exact) mass is 445 g/mol. The molecule has 0 aliphatic carbocycles. The number of benzene rings is 2. The Morgan fingerprint density at radius 1 is 1.03 bits per heavy atom. The summed E-state index contributed by atoms with van der Waals surface area (Å²) in [5, 5.41) is 2.80. The van der Waals surface area contributed by atoms with Gasteiger partial charge in [-0.05, 0) is 50.2 Å². The minimum absolute atomic E-state index is 0.00294. The molecule has 2 aromatic carbocycles. The van der Waals surface area contributed by atoms with Crippen LogP contribution in [0.15, 0.2) is 48.5 Å². The maximum Gasteiger partial charge on any atom is 0.256 e. The van der Waals surface area contributed by atoms with Gasteiger partial charge in [0.2, 0.25) is 10.0 Å². The highest BCUT2D eigenvalue weighted by molar-refractivity contribution is 7.92. The zero-order valence-electron chi connectivity index (χ0n) is 17.7. The fraction of sp³-hybridized carbons (Fsp3) is 0.364. The number of carbonyl (C=O) groups excluding carboxylic acids is 2. The van der Waals surface area contributed by atoms with Gasteiger partial charge in [-0.3, -0.25) is 13.9 Å². The summed E-state index contributed by atoms with van der Waals surface area (Å²) in [5.41, 5.74) is 1.71. The Kier molecular flexibility index (Phi) is 7.29. The van der Waals surface area contributed by atoms with Gasteiger partial charge in [0, 0.05) is 25.2 Å². The quantitative estimate of drug-likeness (QED) is 0.707. The first-order valence-electron chi connectivity index (χ1n) is 10.2. The number of amides is 2. The lowest BCUT2D eigenvalue weighted by atomic mass is 10.1. The molecule has 0 atom stereocenters. The Morgan fingerprint density at radius 2 is 1.68 bits per heavy atom. The van der Waals surface area contributed by atoms with Crippen molar-refractivity contribution in [3.63, 3.8) is 0 Å². The smallest absolute Gasteiger partial charge is 0.256 e. The molecule has 8 nitrogen and oxygen atoms in total. The number of morpholine rings is 1. The molecule has 1 heterocycles. The SMILES string of the molecule is CCN(c1ccc(C(=O)Nc2ccccc2C(=O)N2CCOCC2)cc1)S(=O)(=O)CC. The maximum atomic E-state index is 12.9. The van der Waals surface area contributed by atoms with Crippen LogP contribution in [0.4, 0.5) is 11.4 Å². The van der Waals surface area contributed by atoms with E-state index in [4.69, 9.17) is 4.74 Å². The van der Waals surface area contributed by atoms with Gasteiger partial charge in [-0.1, -0.05) is 12.1 Å². The Bertz CT molecular complexity index is 1030. The summed E-state index contributed by atoms with van der Waals surface area (Å²) in [6.07, 6.45) is 0. The van der Waals surface area contributed by atoms with Crippen LogP contribution in [-0.2, 0) is 14.8 Å². The summed E-state index contributed by atoms with van der Waals surface area (Å²) in [4.78, 5) is 27.4. The molecule has 0 radical (unpaired) electrons. The van der Waals surface area contributed by atoms with E-state index >= 15 is 0 Å². The van der Waals surface area contributed by atoms with Gasteiger partial charge in [0.15, 0.2) is 0 Å². The van der Waals surface area contributed by atoms with Gasteiger partial charge in [0.25, 0.3) is 11.8 Å². The molecule has 1 aliphatic heterocycles. The standard InChI is InChI=1S/C22H27N3O5S/c1-3-25(31(28,29)4-2)18-11-9-17(10-12-18)21(26)23-20-8-6-5-7-19(20)22(27)24-13-15-30-16-14-24/h5-12H,3-4,13-16H2,1-2H3,(H,23,26). The molecule has 2 amide bonds. The second-order valence-corrected chi connectivity index (χ2v) is 9.20. The van der Waals surface area contributed by atoms with Gasteiger partial charge in [-0.25, -0.2) is 8.42 Å². The molecule has 2 aromatic rings. The predicted molar refractivity (Wildman–Crippen MR) is 120 cm³/mol. The topological polar surface area (TPSA) is 96.0 Å². The van der Waals surface area contributed by atoms with Crippen molar-refractivity contribution in [1.29, 1.82) is 0 Å². The summed E-state index contributed by atoms with van der Waals surface area (Å²) in [6, 6.07) is 13.2. The third kappa shape index (κ3) is 5.23. The second kappa shape index (κ2) is 9.93. The van der Waals surface area contributed by atoms with Crippen molar-refractivity contribution in [2.45, 2.75) is 13.8 Å². The van der Waals surface area contributed by atoms with E-state index in [1.54, 1.807) is 67.3 Å². The number of rotatable bonds is 7. The molecule has 9 heteroatoms. The van der Waals surface area contributed by atoms with Gasteiger partial charge in [-0.15, -0.1) is 0 Å². The van der Waals surface area contributed by atoms with Gasteiger partial charge in [0.1, 0.15) is 0 Å². The highest BCUT2D eigenvalue weighted by Gasteiger charge is 2.22. The van der Waals surface area contributed by atoms with Crippen molar-refractivity contribution >= 4 is 33.2 Å². The van der Waals surface area contributed by atoms with Crippen LogP contribution >= 0.6 is 0 Å². The van der Waals surface area contributed by atoms with Crippen LogP contribution in [-0.4, -0.2) is 63.7 Å². The first-order chi connectivity index (χ1) is 14.9. The number of hydrogen-bond donors (Lipinski definition) is 1. The maximum absolute atomic E-state index is 12.9. The Labute approximate surface area is 182 Å². The lowest BCUT2D eigenvalue weighted by Crippen LogP contribution is -2.41. The first-order valence-corrected chi connectivity index (χ1v) is 11.9. The zero-order chi connectivity index (χ0) is 22.4. The van der Waals surface area contributed by atoms with Crippen LogP contribution in [0, 0.1) is 0 Å². The summed E-state index contributed by atoms with van der Waals surface area (Å²) in [7, 11) is -3.39. The zero-order valence-corrected chi connectivity index (χ0v) is 18.5. The van der Waals surface area contributed by atoms with Crippen LogP contribution in [0.1, 0.15) is 34.6 Å². The fourth-order valence-corrected chi connectivity index (χ4v) is 4.53. The van der Waals surface area contributed by atoms with Gasteiger partial charge in [0.05, 0.1) is 35.9 Å². The van der Waals surface area contributed by atoms with E-state index in [0.717, 1.165) is 0 Å². The summed E-state index contributed by atoms with van der Waals surface area (Å²) in [5.74, 6) is -0.537. The molecule has 1 N–H and O–H groups in total. The fourth-order valence-electron chi connectivity index (χ4n) is 3.38. The minimum Gasteiger partial charge on any atom is -0.378 e. The highest BCUT2D eigenvalue weighted by atomic mass is 32.2. The van der Waals surface area contributed by atoms with Crippen LogP contribution in [0.2, 0.25) is 0 Å². The lowest BCUT2D eigenvalue weighted by Gasteiger charge is -2.27. The number of ether oxygens (including phenoxy) is 1. The normalized spacial score (nSPS) is 14.2.